The van der Waals surface area contributed by atoms with Crippen LogP contribution in [0.4, 0.5) is 4.39 Å². The van der Waals surface area contributed by atoms with Crippen LogP contribution in [0.1, 0.15) is 27.7 Å². The lowest BCUT2D eigenvalue weighted by Crippen LogP contribution is -2.18. The van der Waals surface area contributed by atoms with Crippen molar-refractivity contribution in [1.29, 1.82) is 0 Å². The van der Waals surface area contributed by atoms with Crippen LogP contribution in [0.3, 0.4) is 0 Å². The van der Waals surface area contributed by atoms with Crippen LogP contribution >= 0.6 is 11.5 Å². The van der Waals surface area contributed by atoms with Crippen molar-refractivity contribution in [3.63, 3.8) is 0 Å². The molecule has 1 aromatic carbocycles. The summed E-state index contributed by atoms with van der Waals surface area (Å²) in [5, 5.41) is 7.24. The van der Waals surface area contributed by atoms with Crippen LogP contribution in [0.5, 0.6) is 0 Å². The normalized spacial score (nSPS) is 12.7. The third kappa shape index (κ3) is 2.35. The molecule has 1 unspecified atom stereocenters. The van der Waals surface area contributed by atoms with Crippen molar-refractivity contribution in [2.45, 2.75) is 19.9 Å². The lowest BCUT2D eigenvalue weighted by Gasteiger charge is -2.17. The summed E-state index contributed by atoms with van der Waals surface area (Å²) in [6.45, 7) is 3.84. The standard InChI is InChI=1S/C12H14FN3S/c1-7-6-9(13)4-5-10(7)11(14-3)12-8(2)15-16-17-12/h4-6,11,14H,1-3H3. The van der Waals surface area contributed by atoms with E-state index in [9.17, 15) is 4.39 Å². The molecular formula is C12H14FN3S. The Labute approximate surface area is 104 Å². The van der Waals surface area contributed by atoms with Gasteiger partial charge >= 0.3 is 0 Å². The van der Waals surface area contributed by atoms with Gasteiger partial charge in [-0.25, -0.2) is 4.39 Å². The molecule has 1 atom stereocenters. The summed E-state index contributed by atoms with van der Waals surface area (Å²) >= 11 is 1.37. The Morgan fingerprint density at radius 1 is 1.35 bits per heavy atom. The van der Waals surface area contributed by atoms with Crippen molar-refractivity contribution in [1.82, 2.24) is 14.9 Å². The Morgan fingerprint density at radius 3 is 2.65 bits per heavy atom. The molecule has 5 heteroatoms. The number of aromatic nitrogens is 2. The van der Waals surface area contributed by atoms with Gasteiger partial charge in [-0.15, -0.1) is 5.10 Å². The number of hydrogen-bond donors (Lipinski definition) is 1. The molecule has 90 valence electrons. The summed E-state index contributed by atoms with van der Waals surface area (Å²) in [4.78, 5) is 1.07. The molecule has 0 aliphatic carbocycles. The first kappa shape index (κ1) is 12.1. The molecule has 2 rings (SSSR count). The molecule has 3 nitrogen and oxygen atoms in total. The molecule has 1 heterocycles. The van der Waals surface area contributed by atoms with E-state index in [-0.39, 0.29) is 11.9 Å². The molecule has 0 fully saturated rings. The van der Waals surface area contributed by atoms with Crippen LogP contribution in [0, 0.1) is 19.7 Å². The van der Waals surface area contributed by atoms with E-state index in [1.54, 1.807) is 6.07 Å². The highest BCUT2D eigenvalue weighted by atomic mass is 32.1. The molecule has 1 N–H and O–H groups in total. The predicted molar refractivity (Wildman–Crippen MR) is 66.7 cm³/mol. The molecule has 0 aliphatic rings. The summed E-state index contributed by atoms with van der Waals surface area (Å²) in [6, 6.07) is 4.86. The lowest BCUT2D eigenvalue weighted by atomic mass is 9.99. The molecule has 0 amide bonds. The minimum Gasteiger partial charge on any atom is -0.309 e. The van der Waals surface area contributed by atoms with Gasteiger partial charge in [0.1, 0.15) is 5.82 Å². The number of benzene rings is 1. The maximum Gasteiger partial charge on any atom is 0.123 e. The zero-order chi connectivity index (χ0) is 12.4. The number of nitrogens with one attached hydrogen (secondary N) is 1. The van der Waals surface area contributed by atoms with Crippen LogP contribution in [0.25, 0.3) is 0 Å². The Hall–Kier alpha value is -1.33. The van der Waals surface area contributed by atoms with Crippen LogP contribution in [0.2, 0.25) is 0 Å². The molecule has 0 spiro atoms. The summed E-state index contributed by atoms with van der Waals surface area (Å²) < 4.78 is 17.0. The van der Waals surface area contributed by atoms with Gasteiger partial charge in [0.25, 0.3) is 0 Å². The molecule has 0 saturated carbocycles. The van der Waals surface area contributed by atoms with Crippen LogP contribution in [0.15, 0.2) is 18.2 Å². The minimum atomic E-state index is -0.208. The Bertz CT molecular complexity index is 524. The summed E-state index contributed by atoms with van der Waals surface area (Å²) in [5.74, 6) is -0.208. The van der Waals surface area contributed by atoms with Crippen LogP contribution in [-0.2, 0) is 0 Å². The van der Waals surface area contributed by atoms with Gasteiger partial charge in [-0.2, -0.15) is 0 Å². The smallest absolute Gasteiger partial charge is 0.123 e. The van der Waals surface area contributed by atoms with Crippen molar-refractivity contribution in [3.05, 3.63) is 45.7 Å². The van der Waals surface area contributed by atoms with E-state index in [0.717, 1.165) is 21.7 Å². The fraction of sp³-hybridized carbons (Fsp3) is 0.333. The SMILES string of the molecule is CNC(c1ccc(F)cc1C)c1snnc1C. The molecule has 0 saturated heterocycles. The van der Waals surface area contributed by atoms with Crippen molar-refractivity contribution in [2.75, 3.05) is 7.05 Å². The average Bonchev–Trinajstić information content (AvgIpc) is 2.69. The number of halogens is 1. The monoisotopic (exact) mass is 251 g/mol. The first-order valence-corrected chi connectivity index (χ1v) is 6.13. The van der Waals surface area contributed by atoms with E-state index in [2.05, 4.69) is 14.9 Å². The second-order valence-electron chi connectivity index (χ2n) is 3.95. The second kappa shape index (κ2) is 4.89. The molecule has 17 heavy (non-hydrogen) atoms. The zero-order valence-corrected chi connectivity index (χ0v) is 10.8. The topological polar surface area (TPSA) is 37.8 Å². The number of rotatable bonds is 3. The molecule has 0 bridgehead atoms. The maximum absolute atomic E-state index is 13.1. The predicted octanol–water partition coefficient (Wildman–Crippen LogP) is 2.60. The van der Waals surface area contributed by atoms with Crippen LogP contribution < -0.4 is 5.32 Å². The largest absolute Gasteiger partial charge is 0.309 e. The van der Waals surface area contributed by atoms with E-state index in [1.165, 1.54) is 17.6 Å². The molecule has 2 aromatic rings. The van der Waals surface area contributed by atoms with E-state index in [1.807, 2.05) is 27.0 Å². The fourth-order valence-electron chi connectivity index (χ4n) is 1.89. The van der Waals surface area contributed by atoms with E-state index in [4.69, 9.17) is 0 Å². The highest BCUT2D eigenvalue weighted by Crippen LogP contribution is 2.28. The first-order valence-electron chi connectivity index (χ1n) is 5.35. The lowest BCUT2D eigenvalue weighted by molar-refractivity contribution is 0.621. The van der Waals surface area contributed by atoms with Gasteiger partial charge in [0.2, 0.25) is 0 Å². The Balaban J connectivity index is 2.46. The number of nitrogens with zero attached hydrogens (tertiary/aromatic N) is 2. The number of hydrogen-bond acceptors (Lipinski definition) is 4. The van der Waals surface area contributed by atoms with E-state index in [0.29, 0.717) is 0 Å². The second-order valence-corrected chi connectivity index (χ2v) is 4.73. The minimum absolute atomic E-state index is 0.0237. The molecule has 0 aliphatic heterocycles. The fourth-order valence-corrected chi connectivity index (χ4v) is 2.67. The van der Waals surface area contributed by atoms with Crippen LogP contribution in [-0.4, -0.2) is 16.6 Å². The van der Waals surface area contributed by atoms with Crippen molar-refractivity contribution in [2.24, 2.45) is 0 Å². The highest BCUT2D eigenvalue weighted by Gasteiger charge is 2.19. The molecule has 0 radical (unpaired) electrons. The summed E-state index contributed by atoms with van der Waals surface area (Å²) in [6.07, 6.45) is 0. The first-order chi connectivity index (χ1) is 8.13. The van der Waals surface area contributed by atoms with E-state index >= 15 is 0 Å². The summed E-state index contributed by atoms with van der Waals surface area (Å²) in [7, 11) is 1.88. The summed E-state index contributed by atoms with van der Waals surface area (Å²) in [5.41, 5.74) is 2.90. The zero-order valence-electron chi connectivity index (χ0n) is 9.99. The third-order valence-electron chi connectivity index (χ3n) is 2.78. The van der Waals surface area contributed by atoms with Gasteiger partial charge in [0.05, 0.1) is 16.6 Å². The maximum atomic E-state index is 13.1. The molecule has 1 aromatic heterocycles. The third-order valence-corrected chi connectivity index (χ3v) is 3.67. The Morgan fingerprint density at radius 2 is 2.12 bits per heavy atom. The van der Waals surface area contributed by atoms with Gasteiger partial charge in [0.15, 0.2) is 0 Å². The Kier molecular flexibility index (Phi) is 3.49. The quantitative estimate of drug-likeness (QED) is 0.911. The van der Waals surface area contributed by atoms with Crippen molar-refractivity contribution in [3.8, 4) is 0 Å². The molecular weight excluding hydrogens is 237 g/mol. The van der Waals surface area contributed by atoms with E-state index < -0.39 is 0 Å². The van der Waals surface area contributed by atoms with Crippen molar-refractivity contribution < 1.29 is 4.39 Å². The van der Waals surface area contributed by atoms with Gasteiger partial charge in [-0.1, -0.05) is 10.6 Å². The average molecular weight is 251 g/mol. The van der Waals surface area contributed by atoms with Crippen molar-refractivity contribution >= 4 is 11.5 Å². The van der Waals surface area contributed by atoms with Gasteiger partial charge in [-0.3, -0.25) is 0 Å². The van der Waals surface area contributed by atoms with Gasteiger partial charge in [-0.05, 0) is 55.7 Å². The van der Waals surface area contributed by atoms with Gasteiger partial charge < -0.3 is 5.32 Å². The highest BCUT2D eigenvalue weighted by molar-refractivity contribution is 7.05. The number of aryl methyl sites for hydroxylation is 2. The van der Waals surface area contributed by atoms with Gasteiger partial charge in [0, 0.05) is 0 Å².